The third kappa shape index (κ3) is 2.95. The normalized spacial score (nSPS) is 14.8. The molecule has 0 saturated heterocycles. The van der Waals surface area contributed by atoms with Crippen LogP contribution < -0.4 is 4.74 Å². The van der Waals surface area contributed by atoms with Crippen LogP contribution in [0.3, 0.4) is 0 Å². The van der Waals surface area contributed by atoms with Crippen molar-refractivity contribution in [2.24, 2.45) is 5.92 Å². The van der Waals surface area contributed by atoms with Crippen LogP contribution in [0, 0.1) is 12.8 Å². The van der Waals surface area contributed by atoms with Crippen molar-refractivity contribution < 1.29 is 14.6 Å². The lowest BCUT2D eigenvalue weighted by molar-refractivity contribution is 0.0696. The van der Waals surface area contributed by atoms with Crippen LogP contribution in [0.5, 0.6) is 5.88 Å². The number of hydrogen-bond donors (Lipinski definition) is 1. The van der Waals surface area contributed by atoms with Crippen molar-refractivity contribution in [2.45, 2.75) is 26.2 Å². The highest BCUT2D eigenvalue weighted by Gasteiger charge is 2.20. The maximum Gasteiger partial charge on any atom is 0.335 e. The average Bonchev–Trinajstić information content (AvgIpc) is 3.01. The molecule has 1 aliphatic rings. The smallest absolute Gasteiger partial charge is 0.335 e. The summed E-state index contributed by atoms with van der Waals surface area (Å²) in [6.45, 7) is 2.39. The van der Waals surface area contributed by atoms with Crippen molar-refractivity contribution in [3.63, 3.8) is 0 Å². The van der Waals surface area contributed by atoms with E-state index in [4.69, 9.17) is 9.84 Å². The first kappa shape index (κ1) is 10.9. The molecule has 0 atom stereocenters. The van der Waals surface area contributed by atoms with Crippen molar-refractivity contribution in [1.82, 2.24) is 4.98 Å². The zero-order valence-electron chi connectivity index (χ0n) is 9.27. The summed E-state index contributed by atoms with van der Waals surface area (Å²) in [6.07, 6.45) is 3.63. The van der Waals surface area contributed by atoms with E-state index < -0.39 is 5.97 Å². The van der Waals surface area contributed by atoms with Gasteiger partial charge in [-0.2, -0.15) is 0 Å². The molecule has 1 fully saturated rings. The van der Waals surface area contributed by atoms with Gasteiger partial charge < -0.3 is 9.84 Å². The van der Waals surface area contributed by atoms with Gasteiger partial charge >= 0.3 is 5.97 Å². The summed E-state index contributed by atoms with van der Waals surface area (Å²) in [5, 5.41) is 8.87. The molecule has 1 aromatic heterocycles. The summed E-state index contributed by atoms with van der Waals surface area (Å²) >= 11 is 0. The molecule has 0 bridgehead atoms. The molecule has 0 amide bonds. The van der Waals surface area contributed by atoms with Gasteiger partial charge in [-0.1, -0.05) is 12.8 Å². The first-order valence-electron chi connectivity index (χ1n) is 5.50. The summed E-state index contributed by atoms with van der Waals surface area (Å²) < 4.78 is 5.45. The van der Waals surface area contributed by atoms with Crippen LogP contribution in [-0.4, -0.2) is 22.7 Å². The van der Waals surface area contributed by atoms with Gasteiger partial charge in [0, 0.05) is 11.8 Å². The Balaban J connectivity index is 1.98. The molecule has 0 spiro atoms. The number of nitrogens with zero attached hydrogens (tertiary/aromatic N) is 1. The fourth-order valence-electron chi connectivity index (χ4n) is 1.57. The molecule has 0 aromatic carbocycles. The van der Waals surface area contributed by atoms with Gasteiger partial charge in [0.2, 0.25) is 5.88 Å². The summed E-state index contributed by atoms with van der Waals surface area (Å²) in [4.78, 5) is 15.0. The maximum atomic E-state index is 10.8. The van der Waals surface area contributed by atoms with Gasteiger partial charge in [-0.3, -0.25) is 0 Å². The van der Waals surface area contributed by atoms with Crippen molar-refractivity contribution >= 4 is 5.97 Å². The Bertz CT molecular complexity index is 399. The number of aryl methyl sites for hydroxylation is 1. The Hall–Kier alpha value is -1.58. The van der Waals surface area contributed by atoms with Crippen LogP contribution in [0.4, 0.5) is 0 Å². The highest BCUT2D eigenvalue weighted by Crippen LogP contribution is 2.32. The van der Waals surface area contributed by atoms with E-state index in [9.17, 15) is 4.79 Å². The lowest BCUT2D eigenvalue weighted by Crippen LogP contribution is -2.04. The summed E-state index contributed by atoms with van der Waals surface area (Å²) in [5.74, 6) is 0.277. The number of carbonyl (C=O) groups is 1. The fraction of sp³-hybridized carbons (Fsp3) is 0.500. The molecule has 2 rings (SSSR count). The largest absolute Gasteiger partial charge is 0.478 e. The number of ether oxygens (including phenoxy) is 1. The van der Waals surface area contributed by atoms with Crippen molar-refractivity contribution in [3.8, 4) is 5.88 Å². The molecule has 16 heavy (non-hydrogen) atoms. The number of hydrogen-bond acceptors (Lipinski definition) is 3. The van der Waals surface area contributed by atoms with E-state index >= 15 is 0 Å². The minimum atomic E-state index is -0.947. The molecule has 86 valence electrons. The van der Waals surface area contributed by atoms with E-state index in [1.807, 2.05) is 0 Å². The quantitative estimate of drug-likeness (QED) is 0.828. The number of pyridine rings is 1. The number of aromatic nitrogens is 1. The van der Waals surface area contributed by atoms with Crippen molar-refractivity contribution in [1.29, 1.82) is 0 Å². The van der Waals surface area contributed by atoms with Crippen molar-refractivity contribution in [3.05, 3.63) is 23.4 Å². The van der Waals surface area contributed by atoms with Crippen LogP contribution in [0.15, 0.2) is 12.1 Å². The lowest BCUT2D eigenvalue weighted by Gasteiger charge is -2.06. The van der Waals surface area contributed by atoms with Crippen LogP contribution in [-0.2, 0) is 0 Å². The van der Waals surface area contributed by atoms with Crippen LogP contribution in [0.2, 0.25) is 0 Å². The van der Waals surface area contributed by atoms with Crippen LogP contribution in [0.1, 0.15) is 35.3 Å². The zero-order valence-corrected chi connectivity index (χ0v) is 9.27. The number of carboxylic acids is 1. The highest BCUT2D eigenvalue weighted by molar-refractivity contribution is 5.87. The van der Waals surface area contributed by atoms with E-state index in [1.54, 1.807) is 6.92 Å². The second-order valence-electron chi connectivity index (χ2n) is 4.22. The number of aromatic carboxylic acids is 1. The topological polar surface area (TPSA) is 59.4 Å². The third-order valence-corrected chi connectivity index (χ3v) is 2.65. The zero-order chi connectivity index (χ0) is 11.5. The molecule has 1 aliphatic carbocycles. The summed E-state index contributed by atoms with van der Waals surface area (Å²) in [7, 11) is 0. The van der Waals surface area contributed by atoms with E-state index in [0.29, 0.717) is 18.2 Å². The highest BCUT2D eigenvalue weighted by atomic mass is 16.5. The van der Waals surface area contributed by atoms with E-state index in [-0.39, 0.29) is 5.56 Å². The van der Waals surface area contributed by atoms with Crippen LogP contribution in [0.25, 0.3) is 0 Å². The van der Waals surface area contributed by atoms with Crippen molar-refractivity contribution in [2.75, 3.05) is 6.61 Å². The molecule has 0 unspecified atom stereocenters. The van der Waals surface area contributed by atoms with Gasteiger partial charge in [-0.05, 0) is 25.3 Å². The molecule has 0 radical (unpaired) electrons. The maximum absolute atomic E-state index is 10.8. The number of carboxylic acid groups (broad SMARTS) is 1. The minimum absolute atomic E-state index is 0.230. The fourth-order valence-corrected chi connectivity index (χ4v) is 1.57. The molecule has 1 heterocycles. The van der Waals surface area contributed by atoms with Gasteiger partial charge in [-0.25, -0.2) is 9.78 Å². The Kier molecular flexibility index (Phi) is 3.08. The Morgan fingerprint density at radius 3 is 2.94 bits per heavy atom. The van der Waals surface area contributed by atoms with E-state index in [0.717, 1.165) is 12.3 Å². The Morgan fingerprint density at radius 1 is 1.56 bits per heavy atom. The molecule has 4 heteroatoms. The SMILES string of the molecule is Cc1cc(C(=O)O)cc(OCCC2CC2)n1. The van der Waals surface area contributed by atoms with Gasteiger partial charge in [0.05, 0.1) is 12.2 Å². The monoisotopic (exact) mass is 221 g/mol. The molecule has 0 aliphatic heterocycles. The van der Waals surface area contributed by atoms with Crippen LogP contribution >= 0.6 is 0 Å². The number of rotatable bonds is 5. The molecular weight excluding hydrogens is 206 g/mol. The predicted octanol–water partition coefficient (Wildman–Crippen LogP) is 2.27. The third-order valence-electron chi connectivity index (χ3n) is 2.65. The molecule has 1 saturated carbocycles. The van der Waals surface area contributed by atoms with Gasteiger partial charge in [0.25, 0.3) is 0 Å². The second-order valence-corrected chi connectivity index (χ2v) is 4.22. The van der Waals surface area contributed by atoms with Gasteiger partial charge in [0.1, 0.15) is 0 Å². The standard InChI is InChI=1S/C12H15NO3/c1-8-6-10(12(14)15)7-11(13-8)16-5-4-9-2-3-9/h6-7,9H,2-5H2,1H3,(H,14,15). The molecule has 4 nitrogen and oxygen atoms in total. The Morgan fingerprint density at radius 2 is 2.31 bits per heavy atom. The summed E-state index contributed by atoms with van der Waals surface area (Å²) in [5.41, 5.74) is 0.898. The van der Waals surface area contributed by atoms with E-state index in [1.165, 1.54) is 25.0 Å². The van der Waals surface area contributed by atoms with E-state index in [2.05, 4.69) is 4.98 Å². The molecule has 1 N–H and O–H groups in total. The minimum Gasteiger partial charge on any atom is -0.478 e. The van der Waals surface area contributed by atoms with Gasteiger partial charge in [-0.15, -0.1) is 0 Å². The predicted molar refractivity (Wildman–Crippen MR) is 58.8 cm³/mol. The summed E-state index contributed by atoms with van der Waals surface area (Å²) in [6, 6.07) is 3.01. The first-order chi connectivity index (χ1) is 7.65. The molecule has 1 aromatic rings. The average molecular weight is 221 g/mol. The first-order valence-corrected chi connectivity index (χ1v) is 5.50. The molecular formula is C12H15NO3. The lowest BCUT2D eigenvalue weighted by atomic mass is 10.2. The van der Waals surface area contributed by atoms with Gasteiger partial charge in [0.15, 0.2) is 0 Å². The second kappa shape index (κ2) is 4.51. The Labute approximate surface area is 94.3 Å².